The molecule has 1 saturated heterocycles. The SMILES string of the molecule is CC(C)(C)OC(=O)/C=C/CCC(C)(C)OC1CC(O)CC(CO)O1. The molecule has 1 rings (SSSR count). The molecule has 3 atom stereocenters. The van der Waals surface area contributed by atoms with Gasteiger partial charge in [-0.2, -0.15) is 0 Å². The van der Waals surface area contributed by atoms with Crippen molar-refractivity contribution in [3.05, 3.63) is 12.2 Å². The van der Waals surface area contributed by atoms with Crippen LogP contribution in [0.2, 0.25) is 0 Å². The van der Waals surface area contributed by atoms with Gasteiger partial charge in [-0.15, -0.1) is 0 Å². The lowest BCUT2D eigenvalue weighted by Gasteiger charge is -2.37. The zero-order valence-electron chi connectivity index (χ0n) is 15.4. The number of hydrogen-bond acceptors (Lipinski definition) is 6. The number of carbonyl (C=O) groups excluding carboxylic acids is 1. The number of ether oxygens (including phenoxy) is 3. The molecule has 0 saturated carbocycles. The van der Waals surface area contributed by atoms with Crippen molar-refractivity contribution >= 4 is 5.97 Å². The Morgan fingerprint density at radius 2 is 1.92 bits per heavy atom. The number of allylic oxidation sites excluding steroid dienone is 1. The number of carbonyl (C=O) groups is 1. The van der Waals surface area contributed by atoms with Crippen LogP contribution >= 0.6 is 0 Å². The maximum atomic E-state index is 11.6. The Balaban J connectivity index is 2.39. The van der Waals surface area contributed by atoms with Crippen LogP contribution in [0.5, 0.6) is 0 Å². The van der Waals surface area contributed by atoms with Crippen LogP contribution in [0.1, 0.15) is 60.3 Å². The molecule has 1 heterocycles. The lowest BCUT2D eigenvalue weighted by atomic mass is 10.0. The van der Waals surface area contributed by atoms with Gasteiger partial charge in [0.25, 0.3) is 0 Å². The molecular weight excluding hydrogens is 312 g/mol. The molecule has 0 aromatic rings. The molecule has 1 aliphatic rings. The van der Waals surface area contributed by atoms with Crippen molar-refractivity contribution in [1.82, 2.24) is 0 Å². The molecule has 2 N–H and O–H groups in total. The van der Waals surface area contributed by atoms with Gasteiger partial charge in [0.05, 0.1) is 24.4 Å². The first-order valence-corrected chi connectivity index (χ1v) is 8.52. The largest absolute Gasteiger partial charge is 0.457 e. The van der Waals surface area contributed by atoms with E-state index in [0.717, 1.165) is 0 Å². The molecule has 1 fully saturated rings. The normalized spacial score (nSPS) is 25.9. The fraction of sp³-hybridized carbons (Fsp3) is 0.833. The van der Waals surface area contributed by atoms with Crippen LogP contribution in [0.25, 0.3) is 0 Å². The summed E-state index contributed by atoms with van der Waals surface area (Å²) in [5.41, 5.74) is -0.966. The molecule has 0 aromatic carbocycles. The molecule has 0 aromatic heterocycles. The third kappa shape index (κ3) is 8.78. The fourth-order valence-corrected chi connectivity index (χ4v) is 2.50. The van der Waals surface area contributed by atoms with Crippen LogP contribution in [-0.4, -0.2) is 52.5 Å². The molecule has 24 heavy (non-hydrogen) atoms. The van der Waals surface area contributed by atoms with E-state index in [9.17, 15) is 15.0 Å². The van der Waals surface area contributed by atoms with Gasteiger partial charge < -0.3 is 24.4 Å². The summed E-state index contributed by atoms with van der Waals surface area (Å²) < 4.78 is 16.7. The lowest BCUT2D eigenvalue weighted by Crippen LogP contribution is -2.42. The van der Waals surface area contributed by atoms with E-state index in [1.165, 1.54) is 6.08 Å². The second-order valence-electron chi connectivity index (χ2n) is 7.85. The average molecular weight is 344 g/mol. The van der Waals surface area contributed by atoms with E-state index in [1.807, 2.05) is 34.6 Å². The van der Waals surface area contributed by atoms with Gasteiger partial charge in [0.1, 0.15) is 5.60 Å². The molecule has 3 unspecified atom stereocenters. The summed E-state index contributed by atoms with van der Waals surface area (Å²) in [6.45, 7) is 9.23. The Bertz CT molecular complexity index is 424. The average Bonchev–Trinajstić information content (AvgIpc) is 2.40. The summed E-state index contributed by atoms with van der Waals surface area (Å²) >= 11 is 0. The van der Waals surface area contributed by atoms with E-state index in [2.05, 4.69) is 0 Å². The Morgan fingerprint density at radius 1 is 1.25 bits per heavy atom. The molecule has 6 nitrogen and oxygen atoms in total. The summed E-state index contributed by atoms with van der Waals surface area (Å²) in [4.78, 5) is 11.6. The first-order chi connectivity index (χ1) is 11.0. The van der Waals surface area contributed by atoms with Gasteiger partial charge in [0.2, 0.25) is 0 Å². The fourth-order valence-electron chi connectivity index (χ4n) is 2.50. The zero-order chi connectivity index (χ0) is 18.4. The summed E-state index contributed by atoms with van der Waals surface area (Å²) in [5.74, 6) is -0.356. The third-order valence-electron chi connectivity index (χ3n) is 3.57. The van der Waals surface area contributed by atoms with Gasteiger partial charge >= 0.3 is 5.97 Å². The Hall–Kier alpha value is -0.950. The molecule has 6 heteroatoms. The maximum absolute atomic E-state index is 11.6. The maximum Gasteiger partial charge on any atom is 0.330 e. The summed E-state index contributed by atoms with van der Waals surface area (Å²) in [6.07, 6.45) is 3.93. The minimum Gasteiger partial charge on any atom is -0.457 e. The highest BCUT2D eigenvalue weighted by molar-refractivity contribution is 5.82. The van der Waals surface area contributed by atoms with Crippen LogP contribution in [-0.2, 0) is 19.0 Å². The highest BCUT2D eigenvalue weighted by atomic mass is 16.7. The van der Waals surface area contributed by atoms with E-state index in [0.29, 0.717) is 25.7 Å². The Labute approximate surface area is 144 Å². The number of esters is 1. The molecule has 0 amide bonds. The van der Waals surface area contributed by atoms with Crippen LogP contribution in [0.15, 0.2) is 12.2 Å². The summed E-state index contributed by atoms with van der Waals surface area (Å²) in [7, 11) is 0. The predicted octanol–water partition coefficient (Wildman–Crippen LogP) is 2.32. The number of rotatable bonds is 7. The highest BCUT2D eigenvalue weighted by Gasteiger charge is 2.32. The van der Waals surface area contributed by atoms with E-state index in [1.54, 1.807) is 6.08 Å². The van der Waals surface area contributed by atoms with Crippen molar-refractivity contribution in [1.29, 1.82) is 0 Å². The standard InChI is InChI=1S/C18H32O6/c1-17(2,3)23-15(21)8-6-7-9-18(4,5)24-16-11-13(20)10-14(12-19)22-16/h6,8,13-14,16,19-20H,7,9-12H2,1-5H3/b8-6+. The lowest BCUT2D eigenvalue weighted by molar-refractivity contribution is -0.258. The highest BCUT2D eigenvalue weighted by Crippen LogP contribution is 2.27. The number of aliphatic hydroxyl groups is 2. The monoisotopic (exact) mass is 344 g/mol. The third-order valence-corrected chi connectivity index (χ3v) is 3.57. The molecule has 0 bridgehead atoms. The number of hydrogen-bond donors (Lipinski definition) is 2. The van der Waals surface area contributed by atoms with Crippen molar-refractivity contribution in [2.45, 2.75) is 90.0 Å². The molecular formula is C18H32O6. The van der Waals surface area contributed by atoms with Crippen molar-refractivity contribution < 1.29 is 29.2 Å². The van der Waals surface area contributed by atoms with Gasteiger partial charge in [0.15, 0.2) is 6.29 Å². The Morgan fingerprint density at radius 3 is 2.50 bits per heavy atom. The topological polar surface area (TPSA) is 85.2 Å². The van der Waals surface area contributed by atoms with Crippen molar-refractivity contribution in [3.8, 4) is 0 Å². The summed E-state index contributed by atoms with van der Waals surface area (Å²) in [6, 6.07) is 0. The van der Waals surface area contributed by atoms with Crippen molar-refractivity contribution in [3.63, 3.8) is 0 Å². The van der Waals surface area contributed by atoms with Crippen molar-refractivity contribution in [2.24, 2.45) is 0 Å². The molecule has 140 valence electrons. The van der Waals surface area contributed by atoms with Crippen LogP contribution in [0, 0.1) is 0 Å². The zero-order valence-corrected chi connectivity index (χ0v) is 15.4. The quantitative estimate of drug-likeness (QED) is 0.544. The van der Waals surface area contributed by atoms with Gasteiger partial charge in [-0.3, -0.25) is 0 Å². The van der Waals surface area contributed by atoms with E-state index >= 15 is 0 Å². The smallest absolute Gasteiger partial charge is 0.330 e. The van der Waals surface area contributed by atoms with Crippen LogP contribution < -0.4 is 0 Å². The van der Waals surface area contributed by atoms with E-state index in [-0.39, 0.29) is 18.7 Å². The molecule has 0 aliphatic carbocycles. The Kier molecular flexibility index (Phi) is 7.86. The van der Waals surface area contributed by atoms with Crippen molar-refractivity contribution in [2.75, 3.05) is 6.61 Å². The van der Waals surface area contributed by atoms with Gasteiger partial charge in [0, 0.05) is 18.9 Å². The second kappa shape index (κ2) is 8.94. The van der Waals surface area contributed by atoms with Crippen LogP contribution in [0.4, 0.5) is 0 Å². The predicted molar refractivity (Wildman–Crippen MR) is 90.4 cm³/mol. The van der Waals surface area contributed by atoms with Gasteiger partial charge in [-0.05, 0) is 47.5 Å². The minimum absolute atomic E-state index is 0.129. The van der Waals surface area contributed by atoms with Crippen LogP contribution in [0.3, 0.4) is 0 Å². The first kappa shape index (κ1) is 21.1. The molecule has 1 aliphatic heterocycles. The van der Waals surface area contributed by atoms with Gasteiger partial charge in [-0.1, -0.05) is 6.08 Å². The van der Waals surface area contributed by atoms with E-state index in [4.69, 9.17) is 14.2 Å². The van der Waals surface area contributed by atoms with E-state index < -0.39 is 23.6 Å². The first-order valence-electron chi connectivity index (χ1n) is 8.52. The minimum atomic E-state index is -0.532. The van der Waals surface area contributed by atoms with Gasteiger partial charge in [-0.25, -0.2) is 4.79 Å². The number of aliphatic hydroxyl groups excluding tert-OH is 2. The summed E-state index contributed by atoms with van der Waals surface area (Å²) in [5, 5.41) is 19.0. The second-order valence-corrected chi connectivity index (χ2v) is 7.85. The molecule has 0 spiro atoms. The molecule has 0 radical (unpaired) electrons.